The average molecular weight is 316 g/mol. The number of carbonyl (C=O) groups excluding carboxylic acids is 1. The lowest BCUT2D eigenvalue weighted by molar-refractivity contribution is 0.0745. The summed E-state index contributed by atoms with van der Waals surface area (Å²) in [6.07, 6.45) is 4.74. The Morgan fingerprint density at radius 1 is 1.35 bits per heavy atom. The monoisotopic (exact) mass is 316 g/mol. The number of amides is 1. The zero-order valence-corrected chi connectivity index (χ0v) is 14.0. The van der Waals surface area contributed by atoms with Gasteiger partial charge >= 0.3 is 0 Å². The highest BCUT2D eigenvalue weighted by Crippen LogP contribution is 2.19. The van der Waals surface area contributed by atoms with Crippen LogP contribution in [0, 0.1) is 0 Å². The van der Waals surface area contributed by atoms with Gasteiger partial charge in [-0.05, 0) is 39.3 Å². The van der Waals surface area contributed by atoms with Crippen LogP contribution in [-0.4, -0.2) is 36.8 Å². The maximum absolute atomic E-state index is 12.8. The molecule has 124 valence electrons. The van der Waals surface area contributed by atoms with Crippen LogP contribution in [0.1, 0.15) is 48.9 Å². The third kappa shape index (κ3) is 3.17. The Hall–Kier alpha value is -2.08. The third-order valence-corrected chi connectivity index (χ3v) is 4.23. The minimum Gasteiger partial charge on any atom is -0.390 e. The van der Waals surface area contributed by atoms with Gasteiger partial charge in [0.05, 0.1) is 30.1 Å². The lowest BCUT2D eigenvalue weighted by atomic mass is 10.1. The summed E-state index contributed by atoms with van der Waals surface area (Å²) in [5.74, 6) is 0.0493. The zero-order chi connectivity index (χ0) is 16.6. The van der Waals surface area contributed by atoms with Crippen molar-refractivity contribution in [3.8, 4) is 0 Å². The molecule has 0 saturated heterocycles. The van der Waals surface area contributed by atoms with E-state index >= 15 is 0 Å². The number of hydrogen-bond acceptors (Lipinski definition) is 3. The number of aryl methyl sites for hydroxylation is 1. The molecule has 23 heavy (non-hydrogen) atoms. The van der Waals surface area contributed by atoms with Crippen molar-refractivity contribution in [3.63, 3.8) is 0 Å². The Labute approximate surface area is 136 Å². The van der Waals surface area contributed by atoms with Gasteiger partial charge in [0, 0.05) is 31.0 Å². The summed E-state index contributed by atoms with van der Waals surface area (Å²) >= 11 is 0. The molecule has 3 heterocycles. The van der Waals surface area contributed by atoms with E-state index < -0.39 is 0 Å². The van der Waals surface area contributed by atoms with E-state index in [1.165, 1.54) is 0 Å². The number of fused-ring (bicyclic) bond motifs is 1. The van der Waals surface area contributed by atoms with Crippen molar-refractivity contribution in [1.29, 1.82) is 0 Å². The number of rotatable bonds is 2. The first-order valence-corrected chi connectivity index (χ1v) is 8.03. The Kier molecular flexibility index (Phi) is 4.02. The normalized spacial score (nSPS) is 15.4. The van der Waals surface area contributed by atoms with Gasteiger partial charge in [-0.1, -0.05) is 0 Å². The number of aliphatic hydroxyl groups is 1. The summed E-state index contributed by atoms with van der Waals surface area (Å²) in [6.45, 7) is 8.31. The van der Waals surface area contributed by atoms with Crippen LogP contribution < -0.4 is 0 Å². The van der Waals surface area contributed by atoms with E-state index in [0.29, 0.717) is 12.2 Å². The van der Waals surface area contributed by atoms with Crippen molar-refractivity contribution in [3.05, 3.63) is 41.5 Å². The lowest BCUT2D eigenvalue weighted by Crippen LogP contribution is -2.30. The van der Waals surface area contributed by atoms with Gasteiger partial charge in [-0.3, -0.25) is 9.48 Å². The molecule has 0 atom stereocenters. The van der Waals surface area contributed by atoms with Gasteiger partial charge in [0.25, 0.3) is 5.91 Å². The highest BCUT2D eigenvalue weighted by Gasteiger charge is 2.23. The van der Waals surface area contributed by atoms with E-state index in [1.807, 2.05) is 34.1 Å². The number of aliphatic hydroxyl groups excluding tert-OH is 1. The molecule has 2 aromatic heterocycles. The molecule has 0 fully saturated rings. The van der Waals surface area contributed by atoms with Gasteiger partial charge in [-0.2, -0.15) is 5.10 Å². The quantitative estimate of drug-likeness (QED) is 0.921. The van der Waals surface area contributed by atoms with E-state index in [0.717, 1.165) is 30.8 Å². The summed E-state index contributed by atoms with van der Waals surface area (Å²) in [5.41, 5.74) is 2.32. The van der Waals surface area contributed by atoms with E-state index in [1.54, 1.807) is 0 Å². The maximum atomic E-state index is 12.8. The standard InChI is InChI=1S/C17H24N4O2/c1-17(2,3)20-8-5-13(10-20)16(23)19-6-4-7-21-15(11-19)9-14(12-22)18-21/h5,8-10,22H,4,6-7,11-12H2,1-3H3. The number of nitrogens with zero attached hydrogens (tertiary/aromatic N) is 4. The summed E-state index contributed by atoms with van der Waals surface area (Å²) in [7, 11) is 0. The minimum absolute atomic E-state index is 0.0358. The van der Waals surface area contributed by atoms with Crippen LogP contribution in [0.25, 0.3) is 0 Å². The molecule has 1 aliphatic heterocycles. The fourth-order valence-electron chi connectivity index (χ4n) is 2.90. The first kappa shape index (κ1) is 15.8. The Balaban J connectivity index is 1.80. The number of carbonyl (C=O) groups is 1. The number of aromatic nitrogens is 3. The molecule has 0 bridgehead atoms. The number of hydrogen-bond donors (Lipinski definition) is 1. The minimum atomic E-state index is -0.0671. The van der Waals surface area contributed by atoms with Gasteiger partial charge in [0.15, 0.2) is 0 Å². The van der Waals surface area contributed by atoms with Crippen LogP contribution in [0.3, 0.4) is 0 Å². The highest BCUT2D eigenvalue weighted by atomic mass is 16.3. The largest absolute Gasteiger partial charge is 0.390 e. The van der Waals surface area contributed by atoms with Gasteiger partial charge < -0.3 is 14.6 Å². The molecule has 0 spiro atoms. The summed E-state index contributed by atoms with van der Waals surface area (Å²) in [6, 6.07) is 3.76. The molecule has 1 aliphatic rings. The Bertz CT molecular complexity index is 708. The second kappa shape index (κ2) is 5.85. The van der Waals surface area contributed by atoms with Gasteiger partial charge in [0.2, 0.25) is 0 Å². The smallest absolute Gasteiger partial charge is 0.255 e. The second-order valence-corrected chi connectivity index (χ2v) is 7.07. The second-order valence-electron chi connectivity index (χ2n) is 7.07. The van der Waals surface area contributed by atoms with Gasteiger partial charge in [-0.25, -0.2) is 0 Å². The molecular formula is C17H24N4O2. The first-order chi connectivity index (χ1) is 10.9. The van der Waals surface area contributed by atoms with Crippen molar-refractivity contribution in [2.75, 3.05) is 6.54 Å². The van der Waals surface area contributed by atoms with Crippen LogP contribution in [0.5, 0.6) is 0 Å². The molecule has 6 heteroatoms. The van der Waals surface area contributed by atoms with E-state index in [-0.39, 0.29) is 18.1 Å². The van der Waals surface area contributed by atoms with Crippen molar-refractivity contribution < 1.29 is 9.90 Å². The van der Waals surface area contributed by atoms with Crippen LogP contribution in [0.15, 0.2) is 24.5 Å². The van der Waals surface area contributed by atoms with Crippen molar-refractivity contribution in [1.82, 2.24) is 19.2 Å². The molecule has 0 saturated carbocycles. The summed E-state index contributed by atoms with van der Waals surface area (Å²) < 4.78 is 3.96. The van der Waals surface area contributed by atoms with Gasteiger partial charge in [-0.15, -0.1) is 0 Å². The van der Waals surface area contributed by atoms with E-state index in [4.69, 9.17) is 0 Å². The van der Waals surface area contributed by atoms with Crippen LogP contribution in [-0.2, 0) is 25.2 Å². The molecule has 6 nitrogen and oxygen atoms in total. The molecular weight excluding hydrogens is 292 g/mol. The SMILES string of the molecule is CC(C)(C)n1ccc(C(=O)N2CCCn3nc(CO)cc3C2)c1. The first-order valence-electron chi connectivity index (χ1n) is 8.03. The summed E-state index contributed by atoms with van der Waals surface area (Å²) in [4.78, 5) is 14.7. The van der Waals surface area contributed by atoms with Crippen molar-refractivity contribution in [2.24, 2.45) is 0 Å². The molecule has 0 radical (unpaired) electrons. The molecule has 1 N–H and O–H groups in total. The predicted molar refractivity (Wildman–Crippen MR) is 86.9 cm³/mol. The maximum Gasteiger partial charge on any atom is 0.255 e. The van der Waals surface area contributed by atoms with Crippen LogP contribution in [0.2, 0.25) is 0 Å². The molecule has 0 aliphatic carbocycles. The molecule has 0 aromatic carbocycles. The van der Waals surface area contributed by atoms with Crippen LogP contribution in [0.4, 0.5) is 0 Å². The lowest BCUT2D eigenvalue weighted by Gasteiger charge is -2.22. The van der Waals surface area contributed by atoms with Gasteiger partial charge in [0.1, 0.15) is 0 Å². The topological polar surface area (TPSA) is 63.3 Å². The Morgan fingerprint density at radius 3 is 2.78 bits per heavy atom. The fraction of sp³-hybridized carbons (Fsp3) is 0.529. The van der Waals surface area contributed by atoms with Crippen molar-refractivity contribution in [2.45, 2.75) is 52.4 Å². The fourth-order valence-corrected chi connectivity index (χ4v) is 2.90. The van der Waals surface area contributed by atoms with Crippen LogP contribution >= 0.6 is 0 Å². The average Bonchev–Trinajstić information content (AvgIpc) is 3.09. The van der Waals surface area contributed by atoms with E-state index in [9.17, 15) is 9.90 Å². The molecule has 0 unspecified atom stereocenters. The third-order valence-electron chi connectivity index (χ3n) is 4.23. The predicted octanol–water partition coefficient (Wildman–Crippen LogP) is 1.98. The molecule has 1 amide bonds. The highest BCUT2D eigenvalue weighted by molar-refractivity contribution is 5.94. The summed E-state index contributed by atoms with van der Waals surface area (Å²) in [5, 5.41) is 13.6. The Morgan fingerprint density at radius 2 is 2.13 bits per heavy atom. The van der Waals surface area contributed by atoms with Crippen molar-refractivity contribution >= 4 is 5.91 Å². The molecule has 2 aromatic rings. The van der Waals surface area contributed by atoms with E-state index in [2.05, 4.69) is 30.4 Å². The zero-order valence-electron chi connectivity index (χ0n) is 14.0. The molecule has 3 rings (SSSR count).